The van der Waals surface area contributed by atoms with E-state index in [0.29, 0.717) is 49.2 Å². The summed E-state index contributed by atoms with van der Waals surface area (Å²) in [5.74, 6) is -0.978. The van der Waals surface area contributed by atoms with E-state index in [0.717, 1.165) is 22.5 Å². The second-order valence-corrected chi connectivity index (χ2v) is 11.4. The van der Waals surface area contributed by atoms with Crippen LogP contribution in [0.15, 0.2) is 102 Å². The van der Waals surface area contributed by atoms with Crippen molar-refractivity contribution in [1.29, 1.82) is 0 Å². The maximum Gasteiger partial charge on any atom is 0.264 e. The molecule has 0 fully saturated rings. The highest BCUT2D eigenvalue weighted by Crippen LogP contribution is 2.45. The minimum Gasteiger partial charge on any atom is -0.396 e. The molecule has 2 amide bonds. The van der Waals surface area contributed by atoms with Crippen LogP contribution in [0, 0.1) is 5.92 Å². The Balaban J connectivity index is 1.19. The van der Waals surface area contributed by atoms with Gasteiger partial charge in [-0.05, 0) is 35.7 Å². The number of hydrogen-bond donors (Lipinski definition) is 2. The van der Waals surface area contributed by atoms with Gasteiger partial charge in [0, 0.05) is 50.1 Å². The Morgan fingerprint density at radius 3 is 2.62 bits per heavy atom. The van der Waals surface area contributed by atoms with Crippen molar-refractivity contribution in [3.05, 3.63) is 120 Å². The maximum atomic E-state index is 14.0. The van der Waals surface area contributed by atoms with Crippen LogP contribution in [0.2, 0.25) is 0 Å². The molecule has 0 unspecified atom stereocenters. The lowest BCUT2D eigenvalue weighted by Crippen LogP contribution is -2.44. The molecule has 2 N–H and O–H groups in total. The number of aromatic nitrogens is 3. The van der Waals surface area contributed by atoms with Crippen LogP contribution in [0.4, 0.5) is 11.4 Å². The number of amides is 2. The highest BCUT2D eigenvalue weighted by Gasteiger charge is 2.52. The molecule has 0 saturated carbocycles. The van der Waals surface area contributed by atoms with Crippen molar-refractivity contribution >= 4 is 28.9 Å². The summed E-state index contributed by atoms with van der Waals surface area (Å²) in [6.07, 6.45) is 7.65. The van der Waals surface area contributed by atoms with Gasteiger partial charge in [-0.25, -0.2) is 5.01 Å². The van der Waals surface area contributed by atoms with E-state index in [1.807, 2.05) is 91.9 Å². The Bertz CT molecular complexity index is 1750. The summed E-state index contributed by atoms with van der Waals surface area (Å²) in [4.78, 5) is 28.5. The molecule has 10 heteroatoms. The summed E-state index contributed by atoms with van der Waals surface area (Å²) in [6, 6.07) is 24.7. The predicted molar refractivity (Wildman–Crippen MR) is 171 cm³/mol. The minimum absolute atomic E-state index is 0.0227. The Morgan fingerprint density at radius 2 is 1.80 bits per heavy atom. The largest absolute Gasteiger partial charge is 0.396 e. The number of hydrazone groups is 1. The van der Waals surface area contributed by atoms with Gasteiger partial charge in [-0.2, -0.15) is 5.10 Å². The number of carbonyl (C=O) groups excluding carboxylic acids is 2. The van der Waals surface area contributed by atoms with Gasteiger partial charge in [0.05, 0.1) is 29.3 Å². The van der Waals surface area contributed by atoms with E-state index < -0.39 is 17.4 Å². The monoisotopic (exact) mass is 604 g/mol. The maximum absolute atomic E-state index is 14.0. The van der Waals surface area contributed by atoms with E-state index in [-0.39, 0.29) is 19.1 Å². The van der Waals surface area contributed by atoms with Crippen molar-refractivity contribution in [1.82, 2.24) is 15.0 Å². The fourth-order valence-electron chi connectivity index (χ4n) is 5.94. The number of rotatable bonds is 11. The lowest BCUT2D eigenvalue weighted by atomic mass is 9.83. The third-order valence-electron chi connectivity index (χ3n) is 8.37. The van der Waals surface area contributed by atoms with Crippen molar-refractivity contribution in [3.63, 3.8) is 0 Å². The number of anilines is 2. The minimum atomic E-state index is -1.73. The zero-order chi connectivity index (χ0) is 31.4. The zero-order valence-corrected chi connectivity index (χ0v) is 25.2. The van der Waals surface area contributed by atoms with E-state index in [4.69, 9.17) is 10.2 Å². The summed E-state index contributed by atoms with van der Waals surface area (Å²) < 4.78 is 1.71. The first kappa shape index (κ1) is 30.1. The second kappa shape index (κ2) is 13.0. The van der Waals surface area contributed by atoms with Crippen LogP contribution in [0.3, 0.4) is 0 Å². The van der Waals surface area contributed by atoms with Crippen LogP contribution < -0.4 is 9.91 Å². The van der Waals surface area contributed by atoms with Gasteiger partial charge in [-0.15, -0.1) is 5.10 Å². The lowest BCUT2D eigenvalue weighted by molar-refractivity contribution is -0.139. The summed E-state index contributed by atoms with van der Waals surface area (Å²) >= 11 is 0. The average molecular weight is 605 g/mol. The van der Waals surface area contributed by atoms with Gasteiger partial charge in [-0.3, -0.25) is 14.3 Å². The first-order valence-electron chi connectivity index (χ1n) is 15.2. The lowest BCUT2D eigenvalue weighted by Gasteiger charge is -2.28. The van der Waals surface area contributed by atoms with Gasteiger partial charge >= 0.3 is 0 Å². The van der Waals surface area contributed by atoms with E-state index in [2.05, 4.69) is 10.3 Å². The summed E-state index contributed by atoms with van der Waals surface area (Å²) in [5.41, 5.74) is 3.51. The molecule has 45 heavy (non-hydrogen) atoms. The van der Waals surface area contributed by atoms with Crippen LogP contribution in [0.5, 0.6) is 0 Å². The highest BCUT2D eigenvalue weighted by atomic mass is 16.3. The average Bonchev–Trinajstić information content (AvgIpc) is 3.60. The van der Waals surface area contributed by atoms with Crippen LogP contribution in [0.25, 0.3) is 0 Å². The third-order valence-corrected chi connectivity index (χ3v) is 8.37. The van der Waals surface area contributed by atoms with Crippen molar-refractivity contribution in [3.8, 4) is 0 Å². The molecule has 10 nitrogen and oxygen atoms in total. The molecule has 3 heterocycles. The van der Waals surface area contributed by atoms with Gasteiger partial charge in [0.25, 0.3) is 5.91 Å². The molecular weight excluding hydrogens is 568 g/mol. The smallest absolute Gasteiger partial charge is 0.264 e. The van der Waals surface area contributed by atoms with Crippen molar-refractivity contribution in [2.75, 3.05) is 16.5 Å². The molecule has 0 aliphatic carbocycles. The molecule has 4 aromatic rings. The molecule has 1 aromatic heterocycles. The van der Waals surface area contributed by atoms with Gasteiger partial charge in [0.15, 0.2) is 5.60 Å². The first-order valence-corrected chi connectivity index (χ1v) is 15.2. The number of allylic oxidation sites excluding steroid dienone is 1. The predicted octanol–water partition coefficient (Wildman–Crippen LogP) is 4.36. The number of carbonyl (C=O) groups is 2. The van der Waals surface area contributed by atoms with Gasteiger partial charge < -0.3 is 15.1 Å². The van der Waals surface area contributed by atoms with Gasteiger partial charge in [0.2, 0.25) is 5.91 Å². The van der Waals surface area contributed by atoms with Crippen LogP contribution in [0.1, 0.15) is 48.6 Å². The summed E-state index contributed by atoms with van der Waals surface area (Å²) in [5, 5.41) is 35.3. The van der Waals surface area contributed by atoms with Crippen LogP contribution in [-0.4, -0.2) is 49.3 Å². The molecule has 2 aliphatic heterocycles. The molecule has 6 rings (SSSR count). The van der Waals surface area contributed by atoms with Crippen molar-refractivity contribution in [2.45, 2.75) is 51.3 Å². The molecule has 3 aromatic carbocycles. The molecule has 0 spiro atoms. The molecule has 0 radical (unpaired) electrons. The van der Waals surface area contributed by atoms with E-state index in [9.17, 15) is 14.7 Å². The molecule has 230 valence electrons. The molecular formula is C35H36N6O4. The third kappa shape index (κ3) is 6.07. The van der Waals surface area contributed by atoms with Crippen LogP contribution >= 0.6 is 0 Å². The number of benzene rings is 3. The summed E-state index contributed by atoms with van der Waals surface area (Å²) in [6.45, 7) is 2.68. The molecule has 2 atom stereocenters. The fourth-order valence-corrected chi connectivity index (χ4v) is 5.94. The van der Waals surface area contributed by atoms with E-state index in [1.54, 1.807) is 21.8 Å². The Hall–Kier alpha value is -4.93. The normalized spacial score (nSPS) is 18.9. The number of aliphatic hydroxyl groups is 2. The Kier molecular flexibility index (Phi) is 8.68. The van der Waals surface area contributed by atoms with E-state index >= 15 is 0 Å². The highest BCUT2D eigenvalue weighted by molar-refractivity contribution is 6.09. The molecule has 0 saturated heterocycles. The van der Waals surface area contributed by atoms with Gasteiger partial charge in [0.1, 0.15) is 0 Å². The topological polar surface area (TPSA) is 124 Å². The number of aryl methyl sites for hydroxylation is 1. The second-order valence-electron chi connectivity index (χ2n) is 11.4. The number of fused-ring (bicyclic) bond motifs is 1. The Labute approximate surface area is 261 Å². The number of para-hydroxylation sites is 1. The number of nitrogens with zero attached hydrogens (tertiary/aromatic N) is 6. The fraction of sp³-hybridized carbons (Fsp3) is 0.286. The number of aliphatic hydroxyl groups excluding tert-OH is 1. The first-order chi connectivity index (χ1) is 21.9. The zero-order valence-electron chi connectivity index (χ0n) is 25.2. The molecule has 0 bridgehead atoms. The quantitative estimate of drug-likeness (QED) is 0.245. The van der Waals surface area contributed by atoms with Gasteiger partial charge in [-0.1, -0.05) is 85.0 Å². The Morgan fingerprint density at radius 1 is 1.00 bits per heavy atom. The standard InChI is InChI=1S/C35H36N6O4/c1-25(10-7-8-20-39-24-28(19-21-42)36-38-39)35(45)30-15-5-6-16-32(30)40(34(35)44)23-26-11-9-14-29(22-26)41-33(43)18-17-31(37-41)27-12-3-2-4-13-27/h2-7,9-16,22,24-25,42,45H,8,17-21,23H2,1H3/b10-7+/t25-,35+/m1/s1. The summed E-state index contributed by atoms with van der Waals surface area (Å²) in [7, 11) is 0. The number of hydrogen-bond acceptors (Lipinski definition) is 7. The van der Waals surface area contributed by atoms with Crippen molar-refractivity contribution < 1.29 is 19.8 Å². The van der Waals surface area contributed by atoms with Crippen LogP contribution in [-0.2, 0) is 34.7 Å². The molecule has 2 aliphatic rings. The SMILES string of the molecule is C[C@H](/C=C/CCn1cc(CCO)nn1)[C@@]1(O)C(=O)N(Cc2cccc(N3N=C(c4ccccc4)CCC3=O)c2)c2ccccc21. The van der Waals surface area contributed by atoms with E-state index in [1.165, 1.54) is 5.01 Å². The van der Waals surface area contributed by atoms with Crippen molar-refractivity contribution in [2.24, 2.45) is 11.0 Å².